The number of rotatable bonds is 6. The zero-order valence-corrected chi connectivity index (χ0v) is 10.1. The third-order valence-corrected chi connectivity index (χ3v) is 2.92. The van der Waals surface area contributed by atoms with Gasteiger partial charge in [-0.05, 0) is 0 Å². The fourth-order valence-electron chi connectivity index (χ4n) is 1.28. The van der Waals surface area contributed by atoms with Crippen LogP contribution >= 0.6 is 0 Å². The van der Waals surface area contributed by atoms with Crippen LogP contribution in [0.1, 0.15) is 5.56 Å². The number of nitrogens with one attached hydrogen (secondary N) is 1. The second kappa shape index (κ2) is 6.41. The van der Waals surface area contributed by atoms with E-state index in [4.69, 9.17) is 0 Å². The van der Waals surface area contributed by atoms with Crippen molar-refractivity contribution in [3.05, 3.63) is 39.7 Å². The quantitative estimate of drug-likeness (QED) is 0.474. The number of nitro groups is 1. The molecule has 0 radical (unpaired) electrons. The molecule has 7 heteroatoms. The number of halogens is 1. The van der Waals surface area contributed by atoms with Crippen molar-refractivity contribution in [2.24, 2.45) is 0 Å². The summed E-state index contributed by atoms with van der Waals surface area (Å²) in [6, 6.07) is 4.05. The van der Waals surface area contributed by atoms with Gasteiger partial charge in [0.1, 0.15) is 0 Å². The summed E-state index contributed by atoms with van der Waals surface area (Å²) in [6.07, 6.45) is 1.58. The zero-order valence-electron chi connectivity index (χ0n) is 9.31. The molecule has 0 aromatic heterocycles. The molecular formula is C10H13FN2O3S. The summed E-state index contributed by atoms with van der Waals surface area (Å²) >= 11 is 0. The lowest BCUT2D eigenvalue weighted by Crippen LogP contribution is -2.20. The van der Waals surface area contributed by atoms with Crippen LogP contribution in [0.5, 0.6) is 0 Å². The minimum atomic E-state index is -0.905. The Bertz CT molecular complexity index is 440. The Balaban J connectivity index is 2.62. The van der Waals surface area contributed by atoms with Gasteiger partial charge in [-0.1, -0.05) is 12.1 Å². The van der Waals surface area contributed by atoms with E-state index in [0.29, 0.717) is 12.3 Å². The van der Waals surface area contributed by atoms with Crippen molar-refractivity contribution in [1.82, 2.24) is 5.32 Å². The van der Waals surface area contributed by atoms with Gasteiger partial charge in [0.15, 0.2) is 0 Å². The normalized spacial score (nSPS) is 12.4. The average Bonchev–Trinajstić information content (AvgIpc) is 2.25. The number of hydrogen-bond acceptors (Lipinski definition) is 4. The largest absolute Gasteiger partial charge is 0.312 e. The Morgan fingerprint density at radius 2 is 2.24 bits per heavy atom. The lowest BCUT2D eigenvalue weighted by Gasteiger charge is -2.05. The molecule has 0 aliphatic heterocycles. The predicted molar refractivity (Wildman–Crippen MR) is 63.7 cm³/mol. The van der Waals surface area contributed by atoms with Crippen LogP contribution < -0.4 is 5.32 Å². The van der Waals surface area contributed by atoms with Crippen LogP contribution in [0.4, 0.5) is 10.1 Å². The maximum Gasteiger partial charge on any atom is 0.305 e. The standard InChI is InChI=1S/C10H13FN2O3S/c1-17(16)6-5-12-7-8-3-2-4-9(10(8)11)13(14)15/h2-4,12H,5-7H2,1H3. The molecule has 0 spiro atoms. The van der Waals surface area contributed by atoms with Gasteiger partial charge in [0.25, 0.3) is 0 Å². The van der Waals surface area contributed by atoms with Gasteiger partial charge < -0.3 is 5.32 Å². The first-order valence-electron chi connectivity index (χ1n) is 4.95. The van der Waals surface area contributed by atoms with Crippen LogP contribution in [0.2, 0.25) is 0 Å². The van der Waals surface area contributed by atoms with Crippen molar-refractivity contribution >= 4 is 16.5 Å². The van der Waals surface area contributed by atoms with Gasteiger partial charge in [0.2, 0.25) is 5.82 Å². The monoisotopic (exact) mass is 260 g/mol. The molecule has 0 amide bonds. The Morgan fingerprint density at radius 1 is 1.53 bits per heavy atom. The zero-order chi connectivity index (χ0) is 12.8. The summed E-state index contributed by atoms with van der Waals surface area (Å²) in [7, 11) is -0.905. The molecule has 0 saturated heterocycles. The summed E-state index contributed by atoms with van der Waals surface area (Å²) < 4.78 is 24.3. The highest BCUT2D eigenvalue weighted by molar-refractivity contribution is 7.84. The minimum absolute atomic E-state index is 0.185. The first kappa shape index (κ1) is 13.7. The van der Waals surface area contributed by atoms with E-state index in [2.05, 4.69) is 5.32 Å². The lowest BCUT2D eigenvalue weighted by atomic mass is 10.2. The van der Waals surface area contributed by atoms with Crippen LogP contribution in [0.3, 0.4) is 0 Å². The van der Waals surface area contributed by atoms with Gasteiger partial charge in [-0.15, -0.1) is 0 Å². The molecule has 17 heavy (non-hydrogen) atoms. The van der Waals surface area contributed by atoms with Crippen LogP contribution in [-0.4, -0.2) is 27.7 Å². The molecule has 1 rings (SSSR count). The van der Waals surface area contributed by atoms with Crippen molar-refractivity contribution in [1.29, 1.82) is 0 Å². The smallest absolute Gasteiger partial charge is 0.305 e. The molecule has 0 bridgehead atoms. The van der Waals surface area contributed by atoms with Crippen molar-refractivity contribution in [3.8, 4) is 0 Å². The molecule has 5 nitrogen and oxygen atoms in total. The fourth-order valence-corrected chi connectivity index (χ4v) is 1.71. The van der Waals surface area contributed by atoms with Crippen LogP contribution in [0, 0.1) is 15.9 Å². The highest BCUT2D eigenvalue weighted by atomic mass is 32.2. The van der Waals surface area contributed by atoms with E-state index in [1.807, 2.05) is 0 Å². The molecule has 1 N–H and O–H groups in total. The van der Waals surface area contributed by atoms with Crippen molar-refractivity contribution < 1.29 is 13.5 Å². The number of hydrogen-bond donors (Lipinski definition) is 1. The Kier molecular flexibility index (Phi) is 5.17. The van der Waals surface area contributed by atoms with Crippen molar-refractivity contribution in [3.63, 3.8) is 0 Å². The molecule has 0 heterocycles. The van der Waals surface area contributed by atoms with E-state index in [-0.39, 0.29) is 12.1 Å². The predicted octanol–water partition coefficient (Wildman–Crippen LogP) is 1.20. The van der Waals surface area contributed by atoms with E-state index >= 15 is 0 Å². The molecule has 0 aliphatic rings. The molecule has 0 saturated carbocycles. The van der Waals surface area contributed by atoms with E-state index in [1.54, 1.807) is 6.26 Å². The molecular weight excluding hydrogens is 247 g/mol. The number of nitro benzene ring substituents is 1. The third kappa shape index (κ3) is 4.20. The molecule has 1 aromatic carbocycles. The van der Waals surface area contributed by atoms with Gasteiger partial charge in [0, 0.05) is 47.5 Å². The summed E-state index contributed by atoms with van der Waals surface area (Å²) in [5, 5.41) is 13.4. The first-order chi connectivity index (χ1) is 8.02. The van der Waals surface area contributed by atoms with E-state index < -0.39 is 27.2 Å². The van der Waals surface area contributed by atoms with Crippen molar-refractivity contribution in [2.75, 3.05) is 18.6 Å². The summed E-state index contributed by atoms with van der Waals surface area (Å²) in [5.74, 6) is -0.348. The van der Waals surface area contributed by atoms with Gasteiger partial charge in [-0.2, -0.15) is 4.39 Å². The molecule has 1 atom stereocenters. The number of nitrogens with zero attached hydrogens (tertiary/aromatic N) is 1. The van der Waals surface area contributed by atoms with Gasteiger partial charge in [-0.3, -0.25) is 14.3 Å². The topological polar surface area (TPSA) is 72.2 Å². The third-order valence-electron chi connectivity index (χ3n) is 2.14. The fraction of sp³-hybridized carbons (Fsp3) is 0.400. The summed E-state index contributed by atoms with van der Waals surface area (Å²) in [6.45, 7) is 0.663. The van der Waals surface area contributed by atoms with Crippen LogP contribution in [0.25, 0.3) is 0 Å². The summed E-state index contributed by atoms with van der Waals surface area (Å²) in [5.41, 5.74) is -0.288. The van der Waals surface area contributed by atoms with Gasteiger partial charge >= 0.3 is 5.69 Å². The number of benzene rings is 1. The summed E-state index contributed by atoms with van der Waals surface area (Å²) in [4.78, 5) is 9.75. The lowest BCUT2D eigenvalue weighted by molar-refractivity contribution is -0.387. The highest BCUT2D eigenvalue weighted by Crippen LogP contribution is 2.19. The van der Waals surface area contributed by atoms with Gasteiger partial charge in [-0.25, -0.2) is 0 Å². The second-order valence-electron chi connectivity index (χ2n) is 3.46. The average molecular weight is 260 g/mol. The molecule has 1 aromatic rings. The van der Waals surface area contributed by atoms with E-state index in [1.165, 1.54) is 12.1 Å². The minimum Gasteiger partial charge on any atom is -0.312 e. The maximum atomic E-state index is 13.6. The first-order valence-corrected chi connectivity index (χ1v) is 6.67. The van der Waals surface area contributed by atoms with Crippen LogP contribution in [0.15, 0.2) is 18.2 Å². The van der Waals surface area contributed by atoms with Gasteiger partial charge in [0.05, 0.1) is 4.92 Å². The Morgan fingerprint density at radius 3 is 2.82 bits per heavy atom. The SMILES string of the molecule is CS(=O)CCNCc1cccc([N+](=O)[O-])c1F. The van der Waals surface area contributed by atoms with E-state index in [0.717, 1.165) is 6.07 Å². The molecule has 1 unspecified atom stereocenters. The van der Waals surface area contributed by atoms with Crippen molar-refractivity contribution in [2.45, 2.75) is 6.54 Å². The Hall–Kier alpha value is -1.34. The second-order valence-corrected chi connectivity index (χ2v) is 5.02. The molecule has 94 valence electrons. The molecule has 0 fully saturated rings. The molecule has 0 aliphatic carbocycles. The maximum absolute atomic E-state index is 13.6. The Labute approximate surface area is 101 Å². The highest BCUT2D eigenvalue weighted by Gasteiger charge is 2.16. The van der Waals surface area contributed by atoms with E-state index in [9.17, 15) is 18.7 Å². The van der Waals surface area contributed by atoms with Crippen LogP contribution in [-0.2, 0) is 17.3 Å².